The van der Waals surface area contributed by atoms with Gasteiger partial charge in [-0.15, -0.1) is 6.58 Å². The Hall–Kier alpha value is -1.69. The SMILES string of the molecule is C=CCCC(=O)Nc1nc2c(s1)C(=O)NCCC2. The Morgan fingerprint density at radius 3 is 3.22 bits per heavy atom. The number of hydrogen-bond acceptors (Lipinski definition) is 4. The number of carbonyl (C=O) groups excluding carboxylic acids is 2. The molecule has 5 nitrogen and oxygen atoms in total. The third-order valence-electron chi connectivity index (χ3n) is 2.60. The van der Waals surface area contributed by atoms with Crippen LogP contribution in [0.2, 0.25) is 0 Å². The van der Waals surface area contributed by atoms with Crippen LogP contribution in [-0.2, 0) is 11.2 Å². The first-order valence-corrected chi connectivity index (χ1v) is 6.71. The molecule has 1 aromatic heterocycles. The molecule has 2 N–H and O–H groups in total. The van der Waals surface area contributed by atoms with Gasteiger partial charge in [0.15, 0.2) is 5.13 Å². The molecule has 2 amide bonds. The molecule has 1 aromatic rings. The van der Waals surface area contributed by atoms with Crippen LogP contribution < -0.4 is 10.6 Å². The number of aryl methyl sites for hydroxylation is 1. The summed E-state index contributed by atoms with van der Waals surface area (Å²) in [7, 11) is 0. The van der Waals surface area contributed by atoms with Crippen LogP contribution in [0.3, 0.4) is 0 Å². The Bertz CT molecular complexity index is 482. The minimum atomic E-state index is -0.0979. The van der Waals surface area contributed by atoms with Gasteiger partial charge in [-0.1, -0.05) is 17.4 Å². The Kier molecular flexibility index (Phi) is 4.09. The third-order valence-corrected chi connectivity index (χ3v) is 3.61. The number of allylic oxidation sites excluding steroid dienone is 1. The van der Waals surface area contributed by atoms with E-state index in [1.54, 1.807) is 6.08 Å². The lowest BCUT2D eigenvalue weighted by molar-refractivity contribution is -0.116. The molecule has 0 aliphatic carbocycles. The van der Waals surface area contributed by atoms with Gasteiger partial charge in [0.25, 0.3) is 5.91 Å². The topological polar surface area (TPSA) is 71.1 Å². The van der Waals surface area contributed by atoms with E-state index >= 15 is 0 Å². The summed E-state index contributed by atoms with van der Waals surface area (Å²) < 4.78 is 0. The van der Waals surface area contributed by atoms with E-state index in [2.05, 4.69) is 22.2 Å². The van der Waals surface area contributed by atoms with E-state index in [1.807, 2.05) is 0 Å². The van der Waals surface area contributed by atoms with E-state index in [0.717, 1.165) is 18.5 Å². The van der Waals surface area contributed by atoms with Crippen LogP contribution in [0, 0.1) is 0 Å². The maximum absolute atomic E-state index is 11.7. The largest absolute Gasteiger partial charge is 0.351 e. The summed E-state index contributed by atoms with van der Waals surface area (Å²) in [5, 5.41) is 6.03. The second-order valence-electron chi connectivity index (χ2n) is 4.03. The summed E-state index contributed by atoms with van der Waals surface area (Å²) in [6.45, 7) is 4.25. The van der Waals surface area contributed by atoms with Crippen LogP contribution in [0.25, 0.3) is 0 Å². The zero-order chi connectivity index (χ0) is 13.0. The predicted molar refractivity (Wildman–Crippen MR) is 70.8 cm³/mol. The first-order valence-electron chi connectivity index (χ1n) is 5.89. The standard InChI is InChI=1S/C12H15N3O2S/c1-2-3-6-9(16)15-12-14-8-5-4-7-13-11(17)10(8)18-12/h2H,1,3-7H2,(H,13,17)(H,14,15,16). The Morgan fingerprint density at radius 2 is 2.44 bits per heavy atom. The molecule has 2 rings (SSSR count). The van der Waals surface area contributed by atoms with E-state index in [1.165, 1.54) is 11.3 Å². The van der Waals surface area contributed by atoms with Crippen LogP contribution in [-0.4, -0.2) is 23.3 Å². The van der Waals surface area contributed by atoms with Crippen LogP contribution in [0.5, 0.6) is 0 Å². The molecular weight excluding hydrogens is 250 g/mol. The van der Waals surface area contributed by atoms with Gasteiger partial charge in [0.2, 0.25) is 5.91 Å². The molecule has 18 heavy (non-hydrogen) atoms. The number of rotatable bonds is 4. The molecule has 0 radical (unpaired) electrons. The normalized spacial score (nSPS) is 14.3. The smallest absolute Gasteiger partial charge is 0.263 e. The van der Waals surface area contributed by atoms with Gasteiger partial charge in [-0.25, -0.2) is 4.98 Å². The average molecular weight is 265 g/mol. The lowest BCUT2D eigenvalue weighted by Crippen LogP contribution is -2.21. The second kappa shape index (κ2) is 5.77. The zero-order valence-corrected chi connectivity index (χ0v) is 10.8. The van der Waals surface area contributed by atoms with Crippen LogP contribution >= 0.6 is 11.3 Å². The number of hydrogen-bond donors (Lipinski definition) is 2. The summed E-state index contributed by atoms with van der Waals surface area (Å²) in [4.78, 5) is 28.2. The number of aromatic nitrogens is 1. The van der Waals surface area contributed by atoms with Crippen LogP contribution in [0.15, 0.2) is 12.7 Å². The van der Waals surface area contributed by atoms with E-state index in [4.69, 9.17) is 0 Å². The van der Waals surface area contributed by atoms with Crippen molar-refractivity contribution in [3.05, 3.63) is 23.2 Å². The van der Waals surface area contributed by atoms with Gasteiger partial charge in [0.05, 0.1) is 5.69 Å². The fourth-order valence-electron chi connectivity index (χ4n) is 1.71. The molecule has 6 heteroatoms. The third kappa shape index (κ3) is 2.95. The molecule has 0 aromatic carbocycles. The van der Waals surface area contributed by atoms with Gasteiger partial charge < -0.3 is 10.6 Å². The van der Waals surface area contributed by atoms with Crippen molar-refractivity contribution in [1.29, 1.82) is 0 Å². The van der Waals surface area contributed by atoms with Gasteiger partial charge in [0, 0.05) is 13.0 Å². The monoisotopic (exact) mass is 265 g/mol. The highest BCUT2D eigenvalue weighted by Crippen LogP contribution is 2.25. The number of fused-ring (bicyclic) bond motifs is 1. The van der Waals surface area contributed by atoms with Crippen molar-refractivity contribution in [2.75, 3.05) is 11.9 Å². The van der Waals surface area contributed by atoms with Gasteiger partial charge in [-0.2, -0.15) is 0 Å². The summed E-state index contributed by atoms with van der Waals surface area (Å²) in [5.74, 6) is -0.189. The summed E-state index contributed by atoms with van der Waals surface area (Å²) >= 11 is 1.24. The van der Waals surface area contributed by atoms with Crippen molar-refractivity contribution in [2.45, 2.75) is 25.7 Å². The van der Waals surface area contributed by atoms with Gasteiger partial charge >= 0.3 is 0 Å². The van der Waals surface area contributed by atoms with Crippen molar-refractivity contribution in [2.24, 2.45) is 0 Å². The predicted octanol–water partition coefficient (Wildman–Crippen LogP) is 1.72. The van der Waals surface area contributed by atoms with Gasteiger partial charge in [0.1, 0.15) is 4.88 Å². The number of anilines is 1. The fourth-order valence-corrected chi connectivity index (χ4v) is 2.65. The highest BCUT2D eigenvalue weighted by molar-refractivity contribution is 7.17. The van der Waals surface area contributed by atoms with Crippen LogP contribution in [0.4, 0.5) is 5.13 Å². The number of amides is 2. The molecule has 1 aliphatic rings. The lowest BCUT2D eigenvalue weighted by atomic mass is 10.2. The number of thiazole rings is 1. The Labute approximate surface area is 109 Å². The number of nitrogens with zero attached hydrogens (tertiary/aromatic N) is 1. The summed E-state index contributed by atoms with van der Waals surface area (Å²) in [6.07, 6.45) is 4.38. The molecule has 2 heterocycles. The van der Waals surface area contributed by atoms with Gasteiger partial charge in [-0.3, -0.25) is 9.59 Å². The highest BCUT2D eigenvalue weighted by Gasteiger charge is 2.20. The maximum Gasteiger partial charge on any atom is 0.263 e. The minimum Gasteiger partial charge on any atom is -0.351 e. The number of carbonyl (C=O) groups is 2. The zero-order valence-electron chi connectivity index (χ0n) is 9.99. The van der Waals surface area contributed by atoms with E-state index in [-0.39, 0.29) is 11.8 Å². The second-order valence-corrected chi connectivity index (χ2v) is 5.03. The average Bonchev–Trinajstić information content (AvgIpc) is 2.67. The van der Waals surface area contributed by atoms with Crippen molar-refractivity contribution in [3.63, 3.8) is 0 Å². The van der Waals surface area contributed by atoms with E-state index in [9.17, 15) is 9.59 Å². The van der Waals surface area contributed by atoms with Gasteiger partial charge in [-0.05, 0) is 19.3 Å². The lowest BCUT2D eigenvalue weighted by Gasteiger charge is -1.99. The Balaban J connectivity index is 2.07. The molecule has 0 saturated carbocycles. The van der Waals surface area contributed by atoms with Crippen molar-refractivity contribution < 1.29 is 9.59 Å². The number of nitrogens with one attached hydrogen (secondary N) is 2. The molecule has 0 atom stereocenters. The van der Waals surface area contributed by atoms with Crippen molar-refractivity contribution in [3.8, 4) is 0 Å². The molecule has 96 valence electrons. The summed E-state index contributed by atoms with van der Waals surface area (Å²) in [6, 6.07) is 0. The van der Waals surface area contributed by atoms with E-state index in [0.29, 0.717) is 29.4 Å². The first kappa shape index (κ1) is 12.8. The Morgan fingerprint density at radius 1 is 1.61 bits per heavy atom. The molecule has 0 bridgehead atoms. The molecule has 1 aliphatic heterocycles. The highest BCUT2D eigenvalue weighted by atomic mass is 32.1. The molecule has 0 unspecified atom stereocenters. The molecule has 0 fully saturated rings. The maximum atomic E-state index is 11.7. The van der Waals surface area contributed by atoms with Crippen LogP contribution in [0.1, 0.15) is 34.6 Å². The van der Waals surface area contributed by atoms with Crippen molar-refractivity contribution >= 4 is 28.3 Å². The minimum absolute atomic E-state index is 0.0911. The quantitative estimate of drug-likeness (QED) is 0.814. The fraction of sp³-hybridized carbons (Fsp3) is 0.417. The van der Waals surface area contributed by atoms with E-state index < -0.39 is 0 Å². The molecule has 0 spiro atoms. The molecule has 0 saturated heterocycles. The summed E-state index contributed by atoms with van der Waals surface area (Å²) in [5.41, 5.74) is 0.786. The first-order chi connectivity index (χ1) is 8.70. The molecular formula is C12H15N3O2S. The van der Waals surface area contributed by atoms with Crippen molar-refractivity contribution in [1.82, 2.24) is 10.3 Å².